The van der Waals surface area contributed by atoms with Crippen molar-refractivity contribution in [3.63, 3.8) is 0 Å². The van der Waals surface area contributed by atoms with Crippen molar-refractivity contribution >= 4 is 0 Å². The number of benzene rings is 1. The van der Waals surface area contributed by atoms with Crippen LogP contribution in [0.4, 0.5) is 0 Å². The topological polar surface area (TPSA) is 30.5 Å². The van der Waals surface area contributed by atoms with Crippen molar-refractivity contribution in [2.75, 3.05) is 13.2 Å². The van der Waals surface area contributed by atoms with Gasteiger partial charge in [-0.3, -0.25) is 0 Å². The molecule has 2 aliphatic heterocycles. The highest BCUT2D eigenvalue weighted by molar-refractivity contribution is 5.45. The third-order valence-corrected chi connectivity index (χ3v) is 3.68. The van der Waals surface area contributed by atoms with Gasteiger partial charge in [-0.2, -0.15) is 0 Å². The van der Waals surface area contributed by atoms with Crippen LogP contribution in [-0.4, -0.2) is 24.9 Å². The van der Waals surface area contributed by atoms with E-state index < -0.39 is 0 Å². The van der Waals surface area contributed by atoms with Crippen molar-refractivity contribution in [1.29, 1.82) is 0 Å². The summed E-state index contributed by atoms with van der Waals surface area (Å²) in [6.07, 6.45) is 2.12. The lowest BCUT2D eigenvalue weighted by molar-refractivity contribution is 0.137. The van der Waals surface area contributed by atoms with E-state index in [9.17, 15) is 0 Å². The van der Waals surface area contributed by atoms with E-state index in [1.807, 2.05) is 0 Å². The van der Waals surface area contributed by atoms with Gasteiger partial charge in [0.15, 0.2) is 0 Å². The summed E-state index contributed by atoms with van der Waals surface area (Å²) in [6.45, 7) is 6.88. The van der Waals surface area contributed by atoms with Gasteiger partial charge in [0.2, 0.25) is 0 Å². The highest BCUT2D eigenvalue weighted by Gasteiger charge is 2.31. The SMILES string of the molecule is CC1(C)Cc2cccc(CNC3CCOC3)c2O1. The molecule has 18 heavy (non-hydrogen) atoms. The van der Waals surface area contributed by atoms with Crippen LogP contribution in [0.5, 0.6) is 5.75 Å². The van der Waals surface area contributed by atoms with Crippen LogP contribution in [0.15, 0.2) is 18.2 Å². The molecule has 3 heteroatoms. The van der Waals surface area contributed by atoms with Gasteiger partial charge in [0.25, 0.3) is 0 Å². The van der Waals surface area contributed by atoms with E-state index in [0.29, 0.717) is 6.04 Å². The van der Waals surface area contributed by atoms with Crippen molar-refractivity contribution in [3.05, 3.63) is 29.3 Å². The Labute approximate surface area is 108 Å². The zero-order chi connectivity index (χ0) is 12.6. The average molecular weight is 247 g/mol. The first-order valence-corrected chi connectivity index (χ1v) is 6.75. The molecule has 0 radical (unpaired) electrons. The fourth-order valence-corrected chi connectivity index (χ4v) is 2.77. The Morgan fingerprint density at radius 2 is 2.28 bits per heavy atom. The molecular weight excluding hydrogens is 226 g/mol. The fourth-order valence-electron chi connectivity index (χ4n) is 2.77. The lowest BCUT2D eigenvalue weighted by Gasteiger charge is -2.19. The fraction of sp³-hybridized carbons (Fsp3) is 0.600. The van der Waals surface area contributed by atoms with Gasteiger partial charge in [-0.05, 0) is 25.8 Å². The molecule has 2 heterocycles. The number of rotatable bonds is 3. The molecule has 1 aromatic rings. The van der Waals surface area contributed by atoms with Gasteiger partial charge in [0, 0.05) is 31.2 Å². The molecule has 3 rings (SSSR count). The highest BCUT2D eigenvalue weighted by atomic mass is 16.5. The summed E-state index contributed by atoms with van der Waals surface area (Å²) in [5.41, 5.74) is 2.54. The summed E-state index contributed by atoms with van der Waals surface area (Å²) in [7, 11) is 0. The van der Waals surface area contributed by atoms with E-state index in [1.165, 1.54) is 11.1 Å². The molecule has 0 amide bonds. The van der Waals surface area contributed by atoms with E-state index in [-0.39, 0.29) is 5.60 Å². The Balaban J connectivity index is 1.72. The molecule has 1 aromatic carbocycles. The summed E-state index contributed by atoms with van der Waals surface area (Å²) in [5.74, 6) is 1.09. The van der Waals surface area contributed by atoms with Crippen LogP contribution in [0, 0.1) is 0 Å². The first kappa shape index (κ1) is 12.0. The maximum absolute atomic E-state index is 6.07. The van der Waals surface area contributed by atoms with Crippen molar-refractivity contribution in [3.8, 4) is 5.75 Å². The van der Waals surface area contributed by atoms with Gasteiger partial charge in [0.1, 0.15) is 11.4 Å². The van der Waals surface area contributed by atoms with Crippen LogP contribution in [0.2, 0.25) is 0 Å². The molecule has 1 atom stereocenters. The summed E-state index contributed by atoms with van der Waals surface area (Å²) < 4.78 is 11.4. The molecule has 1 fully saturated rings. The predicted octanol–water partition coefficient (Wildman–Crippen LogP) is 2.28. The Morgan fingerprint density at radius 1 is 1.39 bits per heavy atom. The van der Waals surface area contributed by atoms with E-state index in [1.54, 1.807) is 0 Å². The summed E-state index contributed by atoms with van der Waals surface area (Å²) in [5, 5.41) is 3.55. The number of nitrogens with one attached hydrogen (secondary N) is 1. The van der Waals surface area contributed by atoms with Gasteiger partial charge in [0.05, 0.1) is 6.61 Å². The van der Waals surface area contributed by atoms with Crippen LogP contribution >= 0.6 is 0 Å². The summed E-state index contributed by atoms with van der Waals surface area (Å²) in [4.78, 5) is 0. The zero-order valence-electron chi connectivity index (χ0n) is 11.2. The number of hydrogen-bond acceptors (Lipinski definition) is 3. The van der Waals surface area contributed by atoms with Crippen LogP contribution in [-0.2, 0) is 17.7 Å². The molecule has 1 saturated heterocycles. The molecule has 98 valence electrons. The normalized spacial score (nSPS) is 24.9. The van der Waals surface area contributed by atoms with Crippen LogP contribution in [0.1, 0.15) is 31.4 Å². The van der Waals surface area contributed by atoms with E-state index >= 15 is 0 Å². The number of para-hydroxylation sites is 1. The van der Waals surface area contributed by atoms with Crippen LogP contribution < -0.4 is 10.1 Å². The molecular formula is C15H21NO2. The van der Waals surface area contributed by atoms with Crippen molar-refractivity contribution in [2.24, 2.45) is 0 Å². The molecule has 0 aliphatic carbocycles. The third-order valence-electron chi connectivity index (χ3n) is 3.68. The third kappa shape index (κ3) is 2.38. The molecule has 0 saturated carbocycles. The van der Waals surface area contributed by atoms with E-state index in [4.69, 9.17) is 9.47 Å². The smallest absolute Gasteiger partial charge is 0.127 e. The molecule has 0 spiro atoms. The van der Waals surface area contributed by atoms with Crippen molar-refractivity contribution in [2.45, 2.75) is 44.9 Å². The second-order valence-corrected chi connectivity index (χ2v) is 5.89. The standard InChI is InChI=1S/C15H21NO2/c1-15(2)8-11-4-3-5-12(14(11)18-15)9-16-13-6-7-17-10-13/h3-5,13,16H,6-10H2,1-2H3. The monoisotopic (exact) mass is 247 g/mol. The maximum atomic E-state index is 6.07. The number of fused-ring (bicyclic) bond motifs is 1. The van der Waals surface area contributed by atoms with E-state index in [0.717, 1.165) is 38.3 Å². The van der Waals surface area contributed by atoms with E-state index in [2.05, 4.69) is 37.4 Å². The van der Waals surface area contributed by atoms with Crippen molar-refractivity contribution in [1.82, 2.24) is 5.32 Å². The van der Waals surface area contributed by atoms with Gasteiger partial charge in [-0.15, -0.1) is 0 Å². The second-order valence-electron chi connectivity index (χ2n) is 5.89. The van der Waals surface area contributed by atoms with Crippen LogP contribution in [0.3, 0.4) is 0 Å². The summed E-state index contributed by atoms with van der Waals surface area (Å²) >= 11 is 0. The first-order chi connectivity index (χ1) is 8.64. The average Bonchev–Trinajstić information content (AvgIpc) is 2.91. The molecule has 0 bridgehead atoms. The lowest BCUT2D eigenvalue weighted by atomic mass is 10.0. The van der Waals surface area contributed by atoms with Crippen molar-refractivity contribution < 1.29 is 9.47 Å². The second kappa shape index (κ2) is 4.56. The lowest BCUT2D eigenvalue weighted by Crippen LogP contribution is -2.29. The minimum Gasteiger partial charge on any atom is -0.487 e. The molecule has 1 unspecified atom stereocenters. The highest BCUT2D eigenvalue weighted by Crippen LogP contribution is 2.37. The zero-order valence-corrected chi connectivity index (χ0v) is 11.2. The van der Waals surface area contributed by atoms with Gasteiger partial charge >= 0.3 is 0 Å². The van der Waals surface area contributed by atoms with Gasteiger partial charge in [-0.25, -0.2) is 0 Å². The number of hydrogen-bond donors (Lipinski definition) is 1. The first-order valence-electron chi connectivity index (χ1n) is 6.75. The summed E-state index contributed by atoms with van der Waals surface area (Å²) in [6, 6.07) is 6.96. The Bertz CT molecular complexity index is 436. The van der Waals surface area contributed by atoms with Gasteiger partial charge < -0.3 is 14.8 Å². The number of ether oxygens (including phenoxy) is 2. The minimum absolute atomic E-state index is 0.0606. The van der Waals surface area contributed by atoms with Crippen LogP contribution in [0.25, 0.3) is 0 Å². The largest absolute Gasteiger partial charge is 0.487 e. The quantitative estimate of drug-likeness (QED) is 0.889. The van der Waals surface area contributed by atoms with Gasteiger partial charge in [-0.1, -0.05) is 18.2 Å². The molecule has 3 nitrogen and oxygen atoms in total. The minimum atomic E-state index is -0.0606. The Kier molecular flexibility index (Phi) is 3.04. The molecule has 2 aliphatic rings. The Hall–Kier alpha value is -1.06. The predicted molar refractivity (Wildman–Crippen MR) is 70.9 cm³/mol. The molecule has 1 N–H and O–H groups in total. The maximum Gasteiger partial charge on any atom is 0.127 e. The molecule has 0 aromatic heterocycles. The Morgan fingerprint density at radius 3 is 3.06 bits per heavy atom.